The Labute approximate surface area is 102 Å². The van der Waals surface area contributed by atoms with Gasteiger partial charge in [-0.15, -0.1) is 0 Å². The molecule has 0 amide bonds. The Morgan fingerprint density at radius 1 is 1.24 bits per heavy atom. The van der Waals surface area contributed by atoms with E-state index in [-0.39, 0.29) is 5.78 Å². The Kier molecular flexibility index (Phi) is 6.00. The maximum Gasteiger partial charge on any atom is 0.162 e. The van der Waals surface area contributed by atoms with E-state index in [1.54, 1.807) is 12.1 Å². The van der Waals surface area contributed by atoms with Crippen molar-refractivity contribution >= 4 is 12.1 Å². The van der Waals surface area contributed by atoms with Crippen LogP contribution in [0.2, 0.25) is 0 Å². The smallest absolute Gasteiger partial charge is 0.162 e. The van der Waals surface area contributed by atoms with Gasteiger partial charge in [-0.3, -0.25) is 4.79 Å². The summed E-state index contributed by atoms with van der Waals surface area (Å²) in [7, 11) is 0. The van der Waals surface area contributed by atoms with Gasteiger partial charge in [0.1, 0.15) is 12.0 Å². The molecule has 17 heavy (non-hydrogen) atoms. The predicted octanol–water partition coefficient (Wildman–Crippen LogP) is 3.03. The number of ketones is 1. The average Bonchev–Trinajstić information content (AvgIpc) is 2.36. The summed E-state index contributed by atoms with van der Waals surface area (Å²) in [4.78, 5) is 21.9. The number of hydrogen-bond acceptors (Lipinski definition) is 3. The molecule has 0 bridgehead atoms. The van der Waals surface area contributed by atoms with Crippen LogP contribution in [0.15, 0.2) is 24.3 Å². The monoisotopic (exact) mass is 234 g/mol. The SMILES string of the molecule is CCOc1ccc(C(=O)CCCCC=O)cc1. The van der Waals surface area contributed by atoms with Crippen LogP contribution in [-0.4, -0.2) is 18.7 Å². The number of benzene rings is 1. The van der Waals surface area contributed by atoms with Crippen molar-refractivity contribution in [2.45, 2.75) is 32.6 Å². The van der Waals surface area contributed by atoms with Crippen LogP contribution < -0.4 is 4.74 Å². The number of unbranched alkanes of at least 4 members (excludes halogenated alkanes) is 2. The Morgan fingerprint density at radius 3 is 2.53 bits per heavy atom. The Morgan fingerprint density at radius 2 is 1.94 bits per heavy atom. The second-order valence-corrected chi connectivity index (χ2v) is 3.79. The molecule has 1 aromatic rings. The van der Waals surface area contributed by atoms with Crippen LogP contribution in [0, 0.1) is 0 Å². The zero-order valence-electron chi connectivity index (χ0n) is 10.1. The van der Waals surface area contributed by atoms with Gasteiger partial charge in [-0.25, -0.2) is 0 Å². The molecule has 0 aliphatic rings. The molecular weight excluding hydrogens is 216 g/mol. The largest absolute Gasteiger partial charge is 0.494 e. The second kappa shape index (κ2) is 7.60. The lowest BCUT2D eigenvalue weighted by atomic mass is 10.0. The van der Waals surface area contributed by atoms with Gasteiger partial charge in [0.25, 0.3) is 0 Å². The van der Waals surface area contributed by atoms with Gasteiger partial charge in [0, 0.05) is 18.4 Å². The molecule has 3 nitrogen and oxygen atoms in total. The van der Waals surface area contributed by atoms with Crippen molar-refractivity contribution in [2.75, 3.05) is 6.61 Å². The standard InChI is InChI=1S/C14H18O3/c1-2-17-13-9-7-12(8-10-13)14(16)6-4-3-5-11-15/h7-11H,2-6H2,1H3. The number of hydrogen-bond donors (Lipinski definition) is 0. The van der Waals surface area contributed by atoms with Crippen molar-refractivity contribution in [3.63, 3.8) is 0 Å². The molecule has 1 aromatic carbocycles. The molecule has 0 spiro atoms. The van der Waals surface area contributed by atoms with Crippen molar-refractivity contribution < 1.29 is 14.3 Å². The first-order valence-corrected chi connectivity index (χ1v) is 5.97. The zero-order chi connectivity index (χ0) is 12.5. The molecule has 0 aliphatic carbocycles. The summed E-state index contributed by atoms with van der Waals surface area (Å²) in [6.07, 6.45) is 3.48. The summed E-state index contributed by atoms with van der Waals surface area (Å²) in [6, 6.07) is 7.18. The average molecular weight is 234 g/mol. The molecule has 0 atom stereocenters. The molecule has 0 fully saturated rings. The molecule has 0 radical (unpaired) electrons. The minimum Gasteiger partial charge on any atom is -0.494 e. The van der Waals surface area contributed by atoms with Crippen molar-refractivity contribution in [3.8, 4) is 5.75 Å². The molecule has 3 heteroatoms. The van der Waals surface area contributed by atoms with Gasteiger partial charge >= 0.3 is 0 Å². The molecule has 0 saturated carbocycles. The van der Waals surface area contributed by atoms with Gasteiger partial charge in [-0.2, -0.15) is 0 Å². The van der Waals surface area contributed by atoms with E-state index in [1.807, 2.05) is 19.1 Å². The topological polar surface area (TPSA) is 43.4 Å². The van der Waals surface area contributed by atoms with Crippen molar-refractivity contribution in [2.24, 2.45) is 0 Å². The predicted molar refractivity (Wildman–Crippen MR) is 66.5 cm³/mol. The molecule has 0 heterocycles. The molecule has 0 aromatic heterocycles. The first kappa shape index (κ1) is 13.4. The Hall–Kier alpha value is -1.64. The fourth-order valence-corrected chi connectivity index (χ4v) is 1.56. The maximum atomic E-state index is 11.7. The zero-order valence-corrected chi connectivity index (χ0v) is 10.1. The number of aldehydes is 1. The van der Waals surface area contributed by atoms with Crippen LogP contribution in [0.4, 0.5) is 0 Å². The van der Waals surface area contributed by atoms with E-state index in [4.69, 9.17) is 4.74 Å². The van der Waals surface area contributed by atoms with Crippen LogP contribution >= 0.6 is 0 Å². The fraction of sp³-hybridized carbons (Fsp3) is 0.429. The molecule has 0 N–H and O–H groups in total. The van der Waals surface area contributed by atoms with E-state index < -0.39 is 0 Å². The molecule has 92 valence electrons. The Bertz CT molecular complexity index is 354. The molecule has 0 unspecified atom stereocenters. The highest BCUT2D eigenvalue weighted by atomic mass is 16.5. The van der Waals surface area contributed by atoms with Crippen LogP contribution in [0.1, 0.15) is 43.0 Å². The van der Waals surface area contributed by atoms with Crippen LogP contribution in [0.25, 0.3) is 0 Å². The molecular formula is C14H18O3. The fourth-order valence-electron chi connectivity index (χ4n) is 1.56. The van der Waals surface area contributed by atoms with Crippen LogP contribution in [-0.2, 0) is 4.79 Å². The van der Waals surface area contributed by atoms with E-state index in [9.17, 15) is 9.59 Å². The number of ether oxygens (including phenoxy) is 1. The lowest BCUT2D eigenvalue weighted by Crippen LogP contribution is -1.99. The number of rotatable bonds is 8. The molecule has 1 rings (SSSR count). The van der Waals surface area contributed by atoms with E-state index in [2.05, 4.69) is 0 Å². The van der Waals surface area contributed by atoms with Crippen molar-refractivity contribution in [1.29, 1.82) is 0 Å². The summed E-state index contributed by atoms with van der Waals surface area (Å²) in [5, 5.41) is 0. The Balaban J connectivity index is 2.43. The third-order valence-corrected chi connectivity index (χ3v) is 2.46. The van der Waals surface area contributed by atoms with Crippen molar-refractivity contribution in [1.82, 2.24) is 0 Å². The van der Waals surface area contributed by atoms with Gasteiger partial charge in [0.2, 0.25) is 0 Å². The summed E-state index contributed by atoms with van der Waals surface area (Å²) in [5.41, 5.74) is 0.708. The minimum absolute atomic E-state index is 0.124. The van der Waals surface area contributed by atoms with Crippen LogP contribution in [0.3, 0.4) is 0 Å². The highest BCUT2D eigenvalue weighted by molar-refractivity contribution is 5.96. The molecule has 0 saturated heterocycles. The number of carbonyl (C=O) groups is 2. The van der Waals surface area contributed by atoms with E-state index in [0.717, 1.165) is 24.9 Å². The minimum atomic E-state index is 0.124. The summed E-state index contributed by atoms with van der Waals surface area (Å²) < 4.78 is 5.30. The quantitative estimate of drug-likeness (QED) is 0.394. The summed E-state index contributed by atoms with van der Waals surface area (Å²) >= 11 is 0. The summed E-state index contributed by atoms with van der Waals surface area (Å²) in [5.74, 6) is 0.906. The van der Waals surface area contributed by atoms with Crippen LogP contribution in [0.5, 0.6) is 5.75 Å². The van der Waals surface area contributed by atoms with E-state index >= 15 is 0 Å². The first-order chi connectivity index (χ1) is 8.27. The third kappa shape index (κ3) is 4.81. The number of carbonyl (C=O) groups excluding carboxylic acids is 2. The van der Waals surface area contributed by atoms with Gasteiger partial charge in [0.15, 0.2) is 5.78 Å². The second-order valence-electron chi connectivity index (χ2n) is 3.79. The normalized spacial score (nSPS) is 9.94. The van der Waals surface area contributed by atoms with Crippen molar-refractivity contribution in [3.05, 3.63) is 29.8 Å². The maximum absolute atomic E-state index is 11.7. The van der Waals surface area contributed by atoms with Gasteiger partial charge in [0.05, 0.1) is 6.61 Å². The summed E-state index contributed by atoms with van der Waals surface area (Å²) in [6.45, 7) is 2.55. The molecule has 0 aliphatic heterocycles. The van der Waals surface area contributed by atoms with Gasteiger partial charge in [-0.05, 0) is 44.0 Å². The third-order valence-electron chi connectivity index (χ3n) is 2.46. The lowest BCUT2D eigenvalue weighted by molar-refractivity contribution is -0.107. The lowest BCUT2D eigenvalue weighted by Gasteiger charge is -2.04. The van der Waals surface area contributed by atoms with Gasteiger partial charge < -0.3 is 9.53 Å². The highest BCUT2D eigenvalue weighted by Crippen LogP contribution is 2.14. The highest BCUT2D eigenvalue weighted by Gasteiger charge is 2.05. The van der Waals surface area contributed by atoms with Gasteiger partial charge in [-0.1, -0.05) is 0 Å². The van der Waals surface area contributed by atoms with E-state index in [0.29, 0.717) is 25.0 Å². The first-order valence-electron chi connectivity index (χ1n) is 5.97. The number of Topliss-reactive ketones (excluding diaryl/α,β-unsaturated/α-hetero) is 1. The van der Waals surface area contributed by atoms with E-state index in [1.165, 1.54) is 0 Å².